The molecule has 1 amide bonds. The molecule has 28 heavy (non-hydrogen) atoms. The fourth-order valence-corrected chi connectivity index (χ4v) is 4.45. The highest BCUT2D eigenvalue weighted by atomic mass is 32.2. The van der Waals surface area contributed by atoms with Crippen LogP contribution >= 0.6 is 11.3 Å². The number of hydrogen-bond acceptors (Lipinski definition) is 5. The molecule has 0 aliphatic heterocycles. The van der Waals surface area contributed by atoms with Crippen molar-refractivity contribution < 1.29 is 13.2 Å². The van der Waals surface area contributed by atoms with Gasteiger partial charge in [-0.25, -0.2) is 13.8 Å². The number of hydrogen-bond donors (Lipinski definition) is 1. The third-order valence-electron chi connectivity index (χ3n) is 4.14. The number of nitrogens with zero attached hydrogens (tertiary/aromatic N) is 2. The second-order valence-electron chi connectivity index (χ2n) is 6.00. The highest BCUT2D eigenvalue weighted by molar-refractivity contribution is 7.92. The number of amides is 1. The predicted octanol–water partition coefficient (Wildman–Crippen LogP) is 3.65. The number of sulfonamides is 1. The largest absolute Gasteiger partial charge is 0.271 e. The highest BCUT2D eigenvalue weighted by Crippen LogP contribution is 2.22. The summed E-state index contributed by atoms with van der Waals surface area (Å²) in [6, 6.07) is 16.5. The van der Waals surface area contributed by atoms with Crippen LogP contribution in [-0.4, -0.2) is 27.6 Å². The summed E-state index contributed by atoms with van der Waals surface area (Å²) in [4.78, 5) is 13.4. The van der Waals surface area contributed by atoms with Gasteiger partial charge in [-0.1, -0.05) is 18.2 Å². The third kappa shape index (κ3) is 4.29. The minimum absolute atomic E-state index is 0.206. The molecule has 0 saturated heterocycles. The summed E-state index contributed by atoms with van der Waals surface area (Å²) in [6.45, 7) is 1.97. The lowest BCUT2D eigenvalue weighted by atomic mass is 10.2. The molecule has 0 aliphatic carbocycles. The van der Waals surface area contributed by atoms with Gasteiger partial charge in [-0.2, -0.15) is 5.10 Å². The second kappa shape index (κ2) is 8.37. The Morgan fingerprint density at radius 3 is 2.36 bits per heavy atom. The van der Waals surface area contributed by atoms with Gasteiger partial charge in [0.1, 0.15) is 0 Å². The zero-order valence-corrected chi connectivity index (χ0v) is 17.0. The van der Waals surface area contributed by atoms with Crippen molar-refractivity contribution in [3.8, 4) is 0 Å². The number of hydrazone groups is 1. The molecule has 8 heteroatoms. The molecule has 2 aromatic carbocycles. The van der Waals surface area contributed by atoms with Crippen LogP contribution in [0.2, 0.25) is 0 Å². The minimum Gasteiger partial charge on any atom is -0.269 e. The summed E-state index contributed by atoms with van der Waals surface area (Å²) in [6.07, 6.45) is 1.60. The van der Waals surface area contributed by atoms with Gasteiger partial charge in [0.25, 0.3) is 15.9 Å². The minimum atomic E-state index is -3.66. The maximum absolute atomic E-state index is 12.7. The van der Waals surface area contributed by atoms with Crippen molar-refractivity contribution >= 4 is 39.2 Å². The molecule has 0 radical (unpaired) electrons. The smallest absolute Gasteiger partial charge is 0.269 e. The summed E-state index contributed by atoms with van der Waals surface area (Å²) in [5.41, 5.74) is 4.41. The lowest BCUT2D eigenvalue weighted by Gasteiger charge is -2.19. The average molecular weight is 414 g/mol. The van der Waals surface area contributed by atoms with Crippen molar-refractivity contribution in [1.82, 2.24) is 5.43 Å². The van der Waals surface area contributed by atoms with E-state index in [1.165, 1.54) is 22.7 Å². The van der Waals surface area contributed by atoms with Gasteiger partial charge in [-0.05, 0) is 60.3 Å². The Balaban J connectivity index is 1.70. The van der Waals surface area contributed by atoms with Crippen LogP contribution < -0.4 is 9.73 Å². The zero-order chi connectivity index (χ0) is 20.1. The molecule has 0 saturated carbocycles. The standard InChI is InChI=1S/C20H19N3O3S2/c1-15-12-13-27-19(15)14-21-22-20(24)16-8-10-17(11-9-16)23(2)28(25,26)18-6-4-3-5-7-18/h3-14H,1-2H3,(H,22,24). The van der Waals surface area contributed by atoms with Crippen LogP contribution in [0.1, 0.15) is 20.8 Å². The molecule has 1 heterocycles. The van der Waals surface area contributed by atoms with Gasteiger partial charge < -0.3 is 0 Å². The summed E-state index contributed by atoms with van der Waals surface area (Å²) < 4.78 is 26.5. The monoisotopic (exact) mass is 413 g/mol. The topological polar surface area (TPSA) is 78.8 Å². The quantitative estimate of drug-likeness (QED) is 0.495. The maximum atomic E-state index is 12.7. The van der Waals surface area contributed by atoms with Crippen molar-refractivity contribution in [2.24, 2.45) is 5.10 Å². The molecule has 144 valence electrons. The van der Waals surface area contributed by atoms with E-state index in [0.29, 0.717) is 11.3 Å². The van der Waals surface area contributed by atoms with Gasteiger partial charge in [0.2, 0.25) is 0 Å². The van der Waals surface area contributed by atoms with E-state index in [0.717, 1.165) is 10.4 Å². The Hall–Kier alpha value is -2.97. The van der Waals surface area contributed by atoms with Gasteiger partial charge in [0.05, 0.1) is 16.8 Å². The number of rotatable bonds is 6. The lowest BCUT2D eigenvalue weighted by molar-refractivity contribution is 0.0955. The van der Waals surface area contributed by atoms with Crippen molar-refractivity contribution in [2.45, 2.75) is 11.8 Å². The van der Waals surface area contributed by atoms with Crippen LogP contribution in [0.5, 0.6) is 0 Å². The van der Waals surface area contributed by atoms with Gasteiger partial charge in [0.15, 0.2) is 0 Å². The second-order valence-corrected chi connectivity index (χ2v) is 8.92. The lowest BCUT2D eigenvalue weighted by Crippen LogP contribution is -2.26. The number of nitrogens with one attached hydrogen (secondary N) is 1. The van der Waals surface area contributed by atoms with E-state index >= 15 is 0 Å². The summed E-state index contributed by atoms with van der Waals surface area (Å²) >= 11 is 1.54. The van der Waals surface area contributed by atoms with Crippen LogP contribution in [0, 0.1) is 6.92 Å². The first kappa shape index (κ1) is 19.8. The van der Waals surface area contributed by atoms with Crippen LogP contribution in [-0.2, 0) is 10.0 Å². The van der Waals surface area contributed by atoms with Crippen LogP contribution in [0.15, 0.2) is 76.0 Å². The molecule has 0 atom stereocenters. The van der Waals surface area contributed by atoms with Crippen LogP contribution in [0.4, 0.5) is 5.69 Å². The van der Waals surface area contributed by atoms with Gasteiger partial charge in [-0.15, -0.1) is 11.3 Å². The predicted molar refractivity (Wildman–Crippen MR) is 113 cm³/mol. The number of carbonyl (C=O) groups is 1. The maximum Gasteiger partial charge on any atom is 0.271 e. The summed E-state index contributed by atoms with van der Waals surface area (Å²) in [5, 5.41) is 5.92. The molecular weight excluding hydrogens is 394 g/mol. The molecule has 0 aliphatic rings. The molecule has 3 rings (SSSR count). The number of benzene rings is 2. The number of carbonyl (C=O) groups excluding carboxylic acids is 1. The number of aryl methyl sites for hydroxylation is 1. The van der Waals surface area contributed by atoms with E-state index in [-0.39, 0.29) is 10.8 Å². The summed E-state index contributed by atoms with van der Waals surface area (Å²) in [5.74, 6) is -0.370. The van der Waals surface area contributed by atoms with E-state index in [4.69, 9.17) is 0 Å². The molecule has 0 spiro atoms. The van der Waals surface area contributed by atoms with Gasteiger partial charge in [-0.3, -0.25) is 9.10 Å². The van der Waals surface area contributed by atoms with Crippen molar-refractivity contribution in [3.05, 3.63) is 82.0 Å². The fourth-order valence-electron chi connectivity index (χ4n) is 2.44. The van der Waals surface area contributed by atoms with Gasteiger partial charge >= 0.3 is 0 Å². The molecule has 0 bridgehead atoms. The van der Waals surface area contributed by atoms with E-state index in [1.807, 2.05) is 18.4 Å². The Morgan fingerprint density at radius 2 is 1.75 bits per heavy atom. The Bertz CT molecular complexity index is 1090. The average Bonchev–Trinajstić information content (AvgIpc) is 3.13. The van der Waals surface area contributed by atoms with Crippen molar-refractivity contribution in [2.75, 3.05) is 11.4 Å². The molecule has 6 nitrogen and oxygen atoms in total. The van der Waals surface area contributed by atoms with E-state index in [1.54, 1.807) is 60.8 Å². The first-order valence-electron chi connectivity index (χ1n) is 8.41. The Labute approximate surface area is 168 Å². The molecule has 1 N–H and O–H groups in total. The van der Waals surface area contributed by atoms with E-state index in [2.05, 4.69) is 10.5 Å². The highest BCUT2D eigenvalue weighted by Gasteiger charge is 2.21. The van der Waals surface area contributed by atoms with Crippen molar-refractivity contribution in [3.63, 3.8) is 0 Å². The van der Waals surface area contributed by atoms with E-state index in [9.17, 15) is 13.2 Å². The SMILES string of the molecule is Cc1ccsc1C=NNC(=O)c1ccc(N(C)S(=O)(=O)c2ccccc2)cc1. The first-order chi connectivity index (χ1) is 13.4. The van der Waals surface area contributed by atoms with Crippen LogP contribution in [0.25, 0.3) is 0 Å². The molecule has 1 aromatic heterocycles. The normalized spacial score (nSPS) is 11.5. The Kier molecular flexibility index (Phi) is 5.91. The summed E-state index contributed by atoms with van der Waals surface area (Å²) in [7, 11) is -2.18. The zero-order valence-electron chi connectivity index (χ0n) is 15.4. The molecular formula is C20H19N3O3S2. The van der Waals surface area contributed by atoms with Crippen molar-refractivity contribution in [1.29, 1.82) is 0 Å². The first-order valence-corrected chi connectivity index (χ1v) is 10.7. The van der Waals surface area contributed by atoms with Crippen LogP contribution in [0.3, 0.4) is 0 Å². The fraction of sp³-hybridized carbons (Fsp3) is 0.100. The number of thiophene rings is 1. The molecule has 0 unspecified atom stereocenters. The van der Waals surface area contributed by atoms with Gasteiger partial charge in [0, 0.05) is 17.5 Å². The Morgan fingerprint density at radius 1 is 1.07 bits per heavy atom. The molecule has 3 aromatic rings. The third-order valence-corrected chi connectivity index (χ3v) is 6.90. The van der Waals surface area contributed by atoms with E-state index < -0.39 is 10.0 Å². The molecule has 0 fully saturated rings. The number of anilines is 1.